The summed E-state index contributed by atoms with van der Waals surface area (Å²) in [6, 6.07) is 0. The van der Waals surface area contributed by atoms with Crippen LogP contribution in [-0.2, 0) is 13.0 Å². The highest BCUT2D eigenvalue weighted by Crippen LogP contribution is 2.05. The molecule has 0 atom stereocenters. The molecule has 0 radical (unpaired) electrons. The summed E-state index contributed by atoms with van der Waals surface area (Å²) in [7, 11) is 0. The van der Waals surface area contributed by atoms with E-state index in [1.54, 1.807) is 19.4 Å². The Morgan fingerprint density at radius 1 is 1.47 bits per heavy atom. The van der Waals surface area contributed by atoms with Crippen LogP contribution in [0.25, 0.3) is 0 Å². The van der Waals surface area contributed by atoms with Gasteiger partial charge in [-0.15, -0.1) is 0 Å². The lowest BCUT2D eigenvalue weighted by Gasteiger charge is -2.19. The van der Waals surface area contributed by atoms with Crippen molar-refractivity contribution in [3.63, 3.8) is 0 Å². The molecular formula is C10H17F2N3. The summed E-state index contributed by atoms with van der Waals surface area (Å²) < 4.78 is 26.7. The fraction of sp³-hybridized carbons (Fsp3) is 0.700. The summed E-state index contributed by atoms with van der Waals surface area (Å²) >= 11 is 0. The number of hydrogen-bond donors (Lipinski definition) is 0. The van der Waals surface area contributed by atoms with E-state index in [4.69, 9.17) is 0 Å². The van der Waals surface area contributed by atoms with Crippen molar-refractivity contribution in [1.29, 1.82) is 0 Å². The van der Waals surface area contributed by atoms with Gasteiger partial charge in [-0.1, -0.05) is 13.8 Å². The second-order valence-electron chi connectivity index (χ2n) is 3.34. The summed E-state index contributed by atoms with van der Waals surface area (Å²) in [4.78, 5) is 5.14. The number of rotatable bonds is 6. The average Bonchev–Trinajstić information content (AvgIpc) is 2.65. The van der Waals surface area contributed by atoms with Crippen LogP contribution in [0.2, 0.25) is 0 Å². The summed E-state index contributed by atoms with van der Waals surface area (Å²) in [5.74, 6) is 0. The molecule has 0 fully saturated rings. The van der Waals surface area contributed by atoms with Crippen molar-refractivity contribution in [2.75, 3.05) is 13.1 Å². The Morgan fingerprint density at radius 3 is 2.73 bits per heavy atom. The van der Waals surface area contributed by atoms with Crippen LogP contribution in [-0.4, -0.2) is 34.1 Å². The van der Waals surface area contributed by atoms with Crippen LogP contribution in [0.1, 0.15) is 19.5 Å². The SMILES string of the molecule is CCc1cncn1CCN(CC)C(F)F. The molecule has 0 spiro atoms. The number of halogens is 2. The maximum absolute atomic E-state index is 12.4. The topological polar surface area (TPSA) is 21.1 Å². The van der Waals surface area contributed by atoms with Crippen LogP contribution in [0.4, 0.5) is 8.78 Å². The first kappa shape index (κ1) is 12.1. The quantitative estimate of drug-likeness (QED) is 0.679. The molecule has 0 amide bonds. The molecule has 0 saturated carbocycles. The summed E-state index contributed by atoms with van der Waals surface area (Å²) in [6.45, 7) is 2.69. The van der Waals surface area contributed by atoms with Crippen molar-refractivity contribution >= 4 is 0 Å². The molecule has 5 heteroatoms. The van der Waals surface area contributed by atoms with Crippen molar-refractivity contribution in [2.45, 2.75) is 33.4 Å². The van der Waals surface area contributed by atoms with E-state index in [1.165, 1.54) is 0 Å². The number of aryl methyl sites for hydroxylation is 1. The van der Waals surface area contributed by atoms with E-state index in [2.05, 4.69) is 4.98 Å². The number of alkyl halides is 2. The van der Waals surface area contributed by atoms with E-state index >= 15 is 0 Å². The molecule has 0 aliphatic rings. The minimum Gasteiger partial charge on any atom is -0.333 e. The normalized spacial score (nSPS) is 11.6. The fourth-order valence-electron chi connectivity index (χ4n) is 1.47. The highest BCUT2D eigenvalue weighted by Gasteiger charge is 2.13. The Labute approximate surface area is 88.7 Å². The Kier molecular flexibility index (Phi) is 4.68. The molecule has 0 unspecified atom stereocenters. The van der Waals surface area contributed by atoms with Gasteiger partial charge in [-0.25, -0.2) is 9.88 Å². The highest BCUT2D eigenvalue weighted by molar-refractivity contribution is 4.97. The maximum Gasteiger partial charge on any atom is 0.294 e. The van der Waals surface area contributed by atoms with E-state index in [-0.39, 0.29) is 0 Å². The van der Waals surface area contributed by atoms with Crippen molar-refractivity contribution in [2.24, 2.45) is 0 Å². The smallest absolute Gasteiger partial charge is 0.294 e. The van der Waals surface area contributed by atoms with Crippen LogP contribution >= 0.6 is 0 Å². The minimum absolute atomic E-state index is 0.359. The first-order chi connectivity index (χ1) is 7.19. The molecule has 1 rings (SSSR count). The largest absolute Gasteiger partial charge is 0.333 e. The van der Waals surface area contributed by atoms with E-state index in [0.29, 0.717) is 19.6 Å². The zero-order valence-corrected chi connectivity index (χ0v) is 9.16. The molecule has 0 saturated heterocycles. The lowest BCUT2D eigenvalue weighted by atomic mass is 10.3. The number of hydrogen-bond acceptors (Lipinski definition) is 2. The molecule has 0 aliphatic heterocycles. The third kappa shape index (κ3) is 3.27. The fourth-order valence-corrected chi connectivity index (χ4v) is 1.47. The van der Waals surface area contributed by atoms with Gasteiger partial charge in [0.2, 0.25) is 0 Å². The zero-order valence-electron chi connectivity index (χ0n) is 9.16. The summed E-state index contributed by atoms with van der Waals surface area (Å²) in [5.41, 5.74) is 1.08. The summed E-state index contributed by atoms with van der Waals surface area (Å²) in [6.07, 6.45) is 4.34. The molecule has 86 valence electrons. The van der Waals surface area contributed by atoms with E-state index < -0.39 is 6.55 Å². The molecule has 1 aromatic heterocycles. The van der Waals surface area contributed by atoms with E-state index in [9.17, 15) is 8.78 Å². The van der Waals surface area contributed by atoms with Crippen LogP contribution in [0.15, 0.2) is 12.5 Å². The number of aromatic nitrogens is 2. The zero-order chi connectivity index (χ0) is 11.3. The van der Waals surface area contributed by atoms with Crippen LogP contribution in [0, 0.1) is 0 Å². The lowest BCUT2D eigenvalue weighted by Crippen LogP contribution is -2.32. The van der Waals surface area contributed by atoms with Gasteiger partial charge in [-0.2, -0.15) is 8.78 Å². The molecule has 15 heavy (non-hydrogen) atoms. The monoisotopic (exact) mass is 217 g/mol. The minimum atomic E-state index is -2.37. The highest BCUT2D eigenvalue weighted by atomic mass is 19.3. The lowest BCUT2D eigenvalue weighted by molar-refractivity contribution is -0.0253. The predicted octanol–water partition coefficient (Wildman–Crippen LogP) is 1.99. The van der Waals surface area contributed by atoms with Gasteiger partial charge in [-0.05, 0) is 6.42 Å². The van der Waals surface area contributed by atoms with Gasteiger partial charge in [0.25, 0.3) is 6.55 Å². The molecule has 0 N–H and O–H groups in total. The Bertz CT molecular complexity index is 286. The van der Waals surface area contributed by atoms with Crippen molar-refractivity contribution in [1.82, 2.24) is 14.5 Å². The molecule has 1 heterocycles. The standard InChI is InChI=1S/C10H17F2N3/c1-3-9-7-13-8-15(9)6-5-14(4-2)10(11)12/h7-8,10H,3-6H2,1-2H3. The molecular weight excluding hydrogens is 200 g/mol. The number of imidazole rings is 1. The molecule has 3 nitrogen and oxygen atoms in total. The second kappa shape index (κ2) is 5.80. The van der Waals surface area contributed by atoms with E-state index in [0.717, 1.165) is 17.0 Å². The second-order valence-corrected chi connectivity index (χ2v) is 3.34. The summed E-state index contributed by atoms with van der Waals surface area (Å²) in [5, 5.41) is 0. The molecule has 1 aromatic rings. The Morgan fingerprint density at radius 2 is 2.20 bits per heavy atom. The third-order valence-electron chi connectivity index (χ3n) is 2.47. The van der Waals surface area contributed by atoms with E-state index in [1.807, 2.05) is 11.5 Å². The van der Waals surface area contributed by atoms with Gasteiger partial charge < -0.3 is 4.57 Å². The van der Waals surface area contributed by atoms with Gasteiger partial charge in [0, 0.05) is 31.5 Å². The predicted molar refractivity (Wildman–Crippen MR) is 54.9 cm³/mol. The first-order valence-corrected chi connectivity index (χ1v) is 5.20. The molecule has 0 bridgehead atoms. The maximum atomic E-state index is 12.4. The van der Waals surface area contributed by atoms with Gasteiger partial charge >= 0.3 is 0 Å². The van der Waals surface area contributed by atoms with Gasteiger partial charge in [0.05, 0.1) is 6.33 Å². The Hall–Kier alpha value is -0.970. The van der Waals surface area contributed by atoms with Gasteiger partial charge in [-0.3, -0.25) is 0 Å². The Balaban J connectivity index is 2.48. The van der Waals surface area contributed by atoms with Crippen LogP contribution < -0.4 is 0 Å². The van der Waals surface area contributed by atoms with Crippen molar-refractivity contribution in [3.8, 4) is 0 Å². The van der Waals surface area contributed by atoms with Gasteiger partial charge in [0.1, 0.15) is 0 Å². The third-order valence-corrected chi connectivity index (χ3v) is 2.47. The van der Waals surface area contributed by atoms with Crippen LogP contribution in [0.5, 0.6) is 0 Å². The van der Waals surface area contributed by atoms with Crippen LogP contribution in [0.3, 0.4) is 0 Å². The number of nitrogens with zero attached hydrogens (tertiary/aromatic N) is 3. The first-order valence-electron chi connectivity index (χ1n) is 5.20. The average molecular weight is 217 g/mol. The van der Waals surface area contributed by atoms with Gasteiger partial charge in [0.15, 0.2) is 0 Å². The molecule has 0 aromatic carbocycles. The number of likely N-dealkylation sites (N-methyl/N-ethyl adjacent to an activating group) is 1. The molecule has 0 aliphatic carbocycles. The van der Waals surface area contributed by atoms with Crippen molar-refractivity contribution < 1.29 is 8.78 Å². The van der Waals surface area contributed by atoms with Crippen molar-refractivity contribution in [3.05, 3.63) is 18.2 Å².